The number of nitrogens with one attached hydrogen (secondary N) is 2. The summed E-state index contributed by atoms with van der Waals surface area (Å²) < 4.78 is 5.31. The van der Waals surface area contributed by atoms with Crippen LogP contribution in [0.25, 0.3) is 10.9 Å². The molecule has 33 heavy (non-hydrogen) atoms. The molecule has 0 radical (unpaired) electrons. The topological polar surface area (TPSA) is 155 Å². The van der Waals surface area contributed by atoms with Gasteiger partial charge in [-0.15, -0.1) is 0 Å². The summed E-state index contributed by atoms with van der Waals surface area (Å²) in [5.41, 5.74) is 8.93. The minimum absolute atomic E-state index is 0.0479. The Hall–Kier alpha value is -3.56. The Kier molecular flexibility index (Phi) is 6.26. The quantitative estimate of drug-likeness (QED) is 0.336. The first-order valence-corrected chi connectivity index (χ1v) is 10.7. The van der Waals surface area contributed by atoms with Gasteiger partial charge in [-0.2, -0.15) is 0 Å². The van der Waals surface area contributed by atoms with Crippen molar-refractivity contribution in [3.05, 3.63) is 57.7 Å². The minimum atomic E-state index is -1.15. The van der Waals surface area contributed by atoms with Gasteiger partial charge < -0.3 is 31.0 Å². The lowest BCUT2D eigenvalue weighted by Gasteiger charge is -2.23. The van der Waals surface area contributed by atoms with E-state index in [1.165, 1.54) is 0 Å². The molecule has 0 saturated carbocycles. The molecule has 6 N–H and O–H groups in total. The number of carbonyl (C=O) groups is 3. The molecule has 0 spiro atoms. The zero-order valence-corrected chi connectivity index (χ0v) is 18.2. The number of hydrogen-bond acceptors (Lipinski definition) is 5. The number of benzene rings is 2. The molecule has 3 aromatic rings. The fourth-order valence-electron chi connectivity index (χ4n) is 4.34. The lowest BCUT2D eigenvalue weighted by molar-refractivity contribution is -0.139. The van der Waals surface area contributed by atoms with Crippen molar-refractivity contribution in [2.75, 3.05) is 11.9 Å². The number of rotatable bonds is 8. The average molecular weight is 472 g/mol. The van der Waals surface area contributed by atoms with Crippen LogP contribution in [0, 0.1) is 0 Å². The summed E-state index contributed by atoms with van der Waals surface area (Å²) in [6.07, 6.45) is 1.30. The molecule has 0 saturated heterocycles. The number of aryl methyl sites for hydroxylation is 1. The van der Waals surface area contributed by atoms with E-state index in [1.807, 2.05) is 6.07 Å². The maximum Gasteiger partial charge on any atom is 0.352 e. The third-order valence-electron chi connectivity index (χ3n) is 5.71. The van der Waals surface area contributed by atoms with Crippen molar-refractivity contribution >= 4 is 46.0 Å². The zero-order chi connectivity index (χ0) is 23.7. The van der Waals surface area contributed by atoms with Crippen LogP contribution in [0.2, 0.25) is 5.02 Å². The van der Waals surface area contributed by atoms with Gasteiger partial charge in [-0.25, -0.2) is 9.59 Å². The molecular formula is C23H22ClN3O6. The van der Waals surface area contributed by atoms with Crippen LogP contribution in [-0.2, 0) is 22.6 Å². The van der Waals surface area contributed by atoms with E-state index < -0.39 is 18.5 Å². The van der Waals surface area contributed by atoms with Crippen molar-refractivity contribution in [1.29, 1.82) is 0 Å². The lowest BCUT2D eigenvalue weighted by atomic mass is 9.81. The van der Waals surface area contributed by atoms with Gasteiger partial charge in [0, 0.05) is 28.9 Å². The summed E-state index contributed by atoms with van der Waals surface area (Å²) in [7, 11) is 0. The van der Waals surface area contributed by atoms with Crippen LogP contribution in [0.3, 0.4) is 0 Å². The van der Waals surface area contributed by atoms with Gasteiger partial charge >= 0.3 is 11.9 Å². The lowest BCUT2D eigenvalue weighted by Crippen LogP contribution is -2.20. The van der Waals surface area contributed by atoms with Gasteiger partial charge in [0.1, 0.15) is 11.4 Å². The summed E-state index contributed by atoms with van der Waals surface area (Å²) in [4.78, 5) is 38.6. The molecule has 1 heterocycles. The molecule has 1 amide bonds. The Morgan fingerprint density at radius 1 is 1.21 bits per heavy atom. The third kappa shape index (κ3) is 4.64. The predicted molar refractivity (Wildman–Crippen MR) is 122 cm³/mol. The summed E-state index contributed by atoms with van der Waals surface area (Å²) in [5.74, 6) is -2.71. The van der Waals surface area contributed by atoms with E-state index in [2.05, 4.69) is 10.3 Å². The number of amides is 1. The first kappa shape index (κ1) is 22.6. The van der Waals surface area contributed by atoms with E-state index in [1.54, 1.807) is 24.3 Å². The minimum Gasteiger partial charge on any atom is -0.480 e. The molecule has 0 bridgehead atoms. The van der Waals surface area contributed by atoms with Crippen LogP contribution in [0.1, 0.15) is 45.9 Å². The van der Waals surface area contributed by atoms with Gasteiger partial charge in [0.05, 0.1) is 5.69 Å². The van der Waals surface area contributed by atoms with Crippen LogP contribution < -0.4 is 15.8 Å². The Morgan fingerprint density at radius 2 is 2.00 bits per heavy atom. The zero-order valence-electron chi connectivity index (χ0n) is 17.5. The van der Waals surface area contributed by atoms with Crippen LogP contribution in [0.5, 0.6) is 5.75 Å². The first-order chi connectivity index (χ1) is 15.8. The molecular weight excluding hydrogens is 450 g/mol. The largest absolute Gasteiger partial charge is 0.480 e. The molecule has 1 aliphatic rings. The molecule has 1 aliphatic carbocycles. The number of aromatic carboxylic acids is 1. The van der Waals surface area contributed by atoms with Crippen molar-refractivity contribution in [2.24, 2.45) is 5.73 Å². The number of carboxylic acid groups (broad SMARTS) is 2. The molecule has 1 aromatic heterocycles. The van der Waals surface area contributed by atoms with Gasteiger partial charge in [0.2, 0.25) is 5.91 Å². The summed E-state index contributed by atoms with van der Waals surface area (Å²) in [6.45, 7) is -0.340. The number of anilines is 1. The van der Waals surface area contributed by atoms with E-state index in [4.69, 9.17) is 27.2 Å². The van der Waals surface area contributed by atoms with Crippen molar-refractivity contribution < 1.29 is 29.3 Å². The van der Waals surface area contributed by atoms with E-state index in [0.29, 0.717) is 34.6 Å². The highest BCUT2D eigenvalue weighted by Crippen LogP contribution is 2.42. The summed E-state index contributed by atoms with van der Waals surface area (Å²) in [6, 6.07) is 8.41. The van der Waals surface area contributed by atoms with Gasteiger partial charge in [0.25, 0.3) is 0 Å². The SMILES string of the molecule is NCc1ccc(NC(=O)C[C@@H]2CCc3cc(Cl)cc4[nH]c(C(=O)O)c2c34)c(OCC(=O)O)c1. The number of halogens is 1. The Morgan fingerprint density at radius 3 is 2.70 bits per heavy atom. The van der Waals surface area contributed by atoms with Crippen molar-refractivity contribution in [3.8, 4) is 5.75 Å². The van der Waals surface area contributed by atoms with E-state index in [9.17, 15) is 19.5 Å². The molecule has 9 nitrogen and oxygen atoms in total. The molecule has 10 heteroatoms. The number of aromatic amines is 1. The third-order valence-corrected chi connectivity index (χ3v) is 5.92. The standard InChI is InChI=1S/C23H22ClN3O6/c24-14-6-12-2-3-13(21-20(12)16(8-14)27-22(21)23(31)32)7-18(28)26-15-4-1-11(9-25)5-17(15)33-10-19(29)30/h1,4-6,8,13,27H,2-3,7,9-10,25H2,(H,26,28)(H,29,30)(H,31,32)/t13-/m0/s1. The molecule has 0 unspecified atom stereocenters. The number of aliphatic carboxylic acids is 1. The van der Waals surface area contributed by atoms with Crippen molar-refractivity contribution in [1.82, 2.24) is 4.98 Å². The van der Waals surface area contributed by atoms with Crippen LogP contribution >= 0.6 is 11.6 Å². The van der Waals surface area contributed by atoms with Gasteiger partial charge in [-0.1, -0.05) is 17.7 Å². The maximum absolute atomic E-state index is 12.9. The Balaban J connectivity index is 1.60. The highest BCUT2D eigenvalue weighted by atomic mass is 35.5. The van der Waals surface area contributed by atoms with Crippen molar-refractivity contribution in [3.63, 3.8) is 0 Å². The van der Waals surface area contributed by atoms with Crippen LogP contribution in [0.15, 0.2) is 30.3 Å². The van der Waals surface area contributed by atoms with E-state index >= 15 is 0 Å². The Labute approximate surface area is 193 Å². The highest BCUT2D eigenvalue weighted by molar-refractivity contribution is 6.31. The highest BCUT2D eigenvalue weighted by Gasteiger charge is 2.31. The molecule has 1 atom stereocenters. The molecule has 2 aromatic carbocycles. The number of H-pyrrole nitrogens is 1. The summed E-state index contributed by atoms with van der Waals surface area (Å²) in [5, 5.41) is 22.7. The molecule has 4 rings (SSSR count). The number of hydrogen-bond donors (Lipinski definition) is 5. The van der Waals surface area contributed by atoms with Crippen molar-refractivity contribution in [2.45, 2.75) is 31.7 Å². The second-order valence-electron chi connectivity index (χ2n) is 7.91. The predicted octanol–water partition coefficient (Wildman–Crippen LogP) is 3.50. The number of aromatic nitrogens is 1. The normalized spacial score (nSPS) is 14.8. The molecule has 172 valence electrons. The smallest absolute Gasteiger partial charge is 0.352 e. The second kappa shape index (κ2) is 9.13. The number of carboxylic acids is 2. The molecule has 0 fully saturated rings. The fourth-order valence-corrected chi connectivity index (χ4v) is 4.58. The van der Waals surface area contributed by atoms with Crippen LogP contribution in [0.4, 0.5) is 5.69 Å². The fraction of sp³-hybridized carbons (Fsp3) is 0.261. The van der Waals surface area contributed by atoms with Gasteiger partial charge in [-0.05, 0) is 59.7 Å². The first-order valence-electron chi connectivity index (χ1n) is 10.3. The number of nitrogens with two attached hydrogens (primary N) is 1. The summed E-state index contributed by atoms with van der Waals surface area (Å²) >= 11 is 6.17. The Bertz CT molecular complexity index is 1270. The van der Waals surface area contributed by atoms with Gasteiger partial charge in [-0.3, -0.25) is 4.79 Å². The number of ether oxygens (including phenoxy) is 1. The number of carbonyl (C=O) groups excluding carboxylic acids is 1. The maximum atomic E-state index is 12.9. The average Bonchev–Trinajstić information content (AvgIpc) is 3.15. The van der Waals surface area contributed by atoms with E-state index in [0.717, 1.165) is 16.5 Å². The monoisotopic (exact) mass is 471 g/mol. The van der Waals surface area contributed by atoms with Gasteiger partial charge in [0.15, 0.2) is 6.61 Å². The molecule has 0 aliphatic heterocycles. The van der Waals surface area contributed by atoms with Crippen LogP contribution in [-0.4, -0.2) is 39.6 Å². The second-order valence-corrected chi connectivity index (χ2v) is 8.35. The van der Waals surface area contributed by atoms with E-state index in [-0.39, 0.29) is 36.2 Å².